The summed E-state index contributed by atoms with van der Waals surface area (Å²) in [6.07, 6.45) is 1.41. The lowest BCUT2D eigenvalue weighted by Crippen LogP contribution is -2.22. The van der Waals surface area contributed by atoms with Crippen molar-refractivity contribution in [1.82, 2.24) is 0 Å². The molecule has 0 aliphatic carbocycles. The minimum Gasteiger partial charge on any atom is -0.481 e. The van der Waals surface area contributed by atoms with Crippen LogP contribution in [-0.4, -0.2) is 22.5 Å². The van der Waals surface area contributed by atoms with Gasteiger partial charge in [-0.15, -0.1) is 0 Å². The van der Waals surface area contributed by atoms with Crippen molar-refractivity contribution in [3.8, 4) is 0 Å². The third-order valence-corrected chi connectivity index (χ3v) is 2.62. The Bertz CT molecular complexity index is 417. The van der Waals surface area contributed by atoms with Crippen LogP contribution < -0.4 is 5.32 Å². The molecule has 6 heteroatoms. The van der Waals surface area contributed by atoms with Crippen molar-refractivity contribution in [2.75, 3.05) is 11.9 Å². The van der Waals surface area contributed by atoms with Crippen LogP contribution in [-0.2, 0) is 4.79 Å². The number of nitro benzene ring substituents is 1. The Balaban J connectivity index is 2.56. The first-order valence-electron chi connectivity index (χ1n) is 5.75. The van der Waals surface area contributed by atoms with Crippen molar-refractivity contribution in [2.24, 2.45) is 5.92 Å². The molecule has 0 aromatic heterocycles. The molecule has 0 saturated carbocycles. The molecule has 0 radical (unpaired) electrons. The minimum absolute atomic E-state index is 0.0175. The van der Waals surface area contributed by atoms with Crippen LogP contribution in [0.5, 0.6) is 0 Å². The highest BCUT2D eigenvalue weighted by Crippen LogP contribution is 2.16. The molecule has 1 unspecified atom stereocenters. The first-order valence-corrected chi connectivity index (χ1v) is 5.75. The summed E-state index contributed by atoms with van der Waals surface area (Å²) >= 11 is 0. The Hall–Kier alpha value is -2.11. The predicted molar refractivity (Wildman–Crippen MR) is 67.6 cm³/mol. The molecule has 1 rings (SSSR count). The smallest absolute Gasteiger partial charge is 0.308 e. The number of nitrogens with one attached hydrogen (secondary N) is 1. The molecular formula is C12H16N2O4. The normalized spacial score (nSPS) is 11.8. The first-order chi connectivity index (χ1) is 8.54. The number of non-ortho nitro benzene ring substituents is 1. The van der Waals surface area contributed by atoms with Gasteiger partial charge in [0.05, 0.1) is 10.8 Å². The quantitative estimate of drug-likeness (QED) is 0.574. The number of hydrogen-bond donors (Lipinski definition) is 2. The molecule has 0 aliphatic rings. The van der Waals surface area contributed by atoms with Gasteiger partial charge in [0.2, 0.25) is 0 Å². The van der Waals surface area contributed by atoms with E-state index in [4.69, 9.17) is 5.11 Å². The van der Waals surface area contributed by atoms with E-state index >= 15 is 0 Å². The number of hydrogen-bond acceptors (Lipinski definition) is 4. The Kier molecular flexibility index (Phi) is 5.10. The number of rotatable bonds is 7. The van der Waals surface area contributed by atoms with E-state index < -0.39 is 16.8 Å². The Morgan fingerprint density at radius 1 is 1.44 bits per heavy atom. The molecule has 2 N–H and O–H groups in total. The van der Waals surface area contributed by atoms with Gasteiger partial charge in [-0.2, -0.15) is 0 Å². The largest absolute Gasteiger partial charge is 0.481 e. The number of carboxylic acids is 1. The Morgan fingerprint density at radius 2 is 2.06 bits per heavy atom. The molecule has 0 amide bonds. The lowest BCUT2D eigenvalue weighted by atomic mass is 10.0. The number of carbonyl (C=O) groups is 1. The van der Waals surface area contributed by atoms with Crippen molar-refractivity contribution in [2.45, 2.75) is 19.8 Å². The standard InChI is InChI=1S/C12H16N2O4/c1-2-3-9(12(15)16)8-13-10-4-6-11(7-5-10)14(17)18/h4-7,9,13H,2-3,8H2,1H3,(H,15,16). The Morgan fingerprint density at radius 3 is 2.50 bits per heavy atom. The summed E-state index contributed by atoms with van der Waals surface area (Å²) in [5, 5.41) is 22.4. The van der Waals surface area contributed by atoms with Crippen LogP contribution in [0.1, 0.15) is 19.8 Å². The topological polar surface area (TPSA) is 92.5 Å². The maximum absolute atomic E-state index is 10.9. The van der Waals surface area contributed by atoms with Gasteiger partial charge in [0, 0.05) is 24.4 Å². The minimum atomic E-state index is -0.828. The third kappa shape index (κ3) is 4.04. The van der Waals surface area contributed by atoms with Gasteiger partial charge in [-0.05, 0) is 18.6 Å². The average Bonchev–Trinajstić information content (AvgIpc) is 2.34. The summed E-state index contributed by atoms with van der Waals surface area (Å²) in [5.41, 5.74) is 0.701. The maximum atomic E-state index is 10.9. The fourth-order valence-corrected chi connectivity index (χ4v) is 1.60. The number of benzene rings is 1. The van der Waals surface area contributed by atoms with Crippen molar-refractivity contribution in [3.05, 3.63) is 34.4 Å². The molecule has 1 atom stereocenters. The highest BCUT2D eigenvalue weighted by atomic mass is 16.6. The van der Waals surface area contributed by atoms with Gasteiger partial charge in [-0.1, -0.05) is 13.3 Å². The zero-order valence-electron chi connectivity index (χ0n) is 10.1. The summed E-state index contributed by atoms with van der Waals surface area (Å²) in [5.74, 6) is -1.27. The molecule has 0 aliphatic heterocycles. The van der Waals surface area contributed by atoms with Crippen LogP contribution in [0, 0.1) is 16.0 Å². The van der Waals surface area contributed by atoms with Crippen LogP contribution in [0.25, 0.3) is 0 Å². The van der Waals surface area contributed by atoms with Gasteiger partial charge in [0.1, 0.15) is 0 Å². The van der Waals surface area contributed by atoms with E-state index in [0.29, 0.717) is 18.7 Å². The highest BCUT2D eigenvalue weighted by molar-refractivity contribution is 5.70. The molecular weight excluding hydrogens is 236 g/mol. The number of carboxylic acid groups (broad SMARTS) is 1. The fraction of sp³-hybridized carbons (Fsp3) is 0.417. The zero-order valence-corrected chi connectivity index (χ0v) is 10.1. The van der Waals surface area contributed by atoms with Crippen LogP contribution in [0.4, 0.5) is 11.4 Å². The second kappa shape index (κ2) is 6.58. The van der Waals surface area contributed by atoms with Crippen LogP contribution in [0.15, 0.2) is 24.3 Å². The van der Waals surface area contributed by atoms with Gasteiger partial charge in [0.15, 0.2) is 0 Å². The second-order valence-electron chi connectivity index (χ2n) is 4.01. The van der Waals surface area contributed by atoms with E-state index in [1.54, 1.807) is 12.1 Å². The molecule has 1 aromatic carbocycles. The van der Waals surface area contributed by atoms with E-state index in [2.05, 4.69) is 5.32 Å². The molecule has 0 fully saturated rings. The van der Waals surface area contributed by atoms with E-state index in [9.17, 15) is 14.9 Å². The molecule has 6 nitrogen and oxygen atoms in total. The number of nitrogens with zero attached hydrogens (tertiary/aromatic N) is 1. The van der Waals surface area contributed by atoms with Crippen molar-refractivity contribution in [3.63, 3.8) is 0 Å². The lowest BCUT2D eigenvalue weighted by molar-refractivity contribution is -0.384. The van der Waals surface area contributed by atoms with Gasteiger partial charge >= 0.3 is 5.97 Å². The van der Waals surface area contributed by atoms with Crippen molar-refractivity contribution < 1.29 is 14.8 Å². The number of anilines is 1. The molecule has 0 bridgehead atoms. The van der Waals surface area contributed by atoms with Crippen molar-refractivity contribution in [1.29, 1.82) is 0 Å². The summed E-state index contributed by atoms with van der Waals surface area (Å²) in [6, 6.07) is 5.92. The zero-order chi connectivity index (χ0) is 13.5. The summed E-state index contributed by atoms with van der Waals surface area (Å²) in [6.45, 7) is 2.25. The average molecular weight is 252 g/mol. The second-order valence-corrected chi connectivity index (χ2v) is 4.01. The van der Waals surface area contributed by atoms with Crippen LogP contribution in [0.3, 0.4) is 0 Å². The predicted octanol–water partition coefficient (Wildman–Crippen LogP) is 2.51. The molecule has 0 heterocycles. The Labute approximate surface area is 105 Å². The van der Waals surface area contributed by atoms with Gasteiger partial charge in [0.25, 0.3) is 5.69 Å². The van der Waals surface area contributed by atoms with E-state index in [1.165, 1.54) is 12.1 Å². The van der Waals surface area contributed by atoms with Gasteiger partial charge < -0.3 is 10.4 Å². The number of nitro groups is 1. The summed E-state index contributed by atoms with van der Waals surface area (Å²) in [4.78, 5) is 20.9. The summed E-state index contributed by atoms with van der Waals surface area (Å²) < 4.78 is 0. The van der Waals surface area contributed by atoms with Gasteiger partial charge in [-0.25, -0.2) is 0 Å². The molecule has 98 valence electrons. The van der Waals surface area contributed by atoms with Crippen LogP contribution >= 0.6 is 0 Å². The lowest BCUT2D eigenvalue weighted by Gasteiger charge is -2.13. The maximum Gasteiger partial charge on any atom is 0.308 e. The third-order valence-electron chi connectivity index (χ3n) is 2.62. The van der Waals surface area contributed by atoms with Crippen molar-refractivity contribution >= 4 is 17.3 Å². The van der Waals surface area contributed by atoms with E-state index in [1.807, 2.05) is 6.92 Å². The van der Waals surface area contributed by atoms with Gasteiger partial charge in [-0.3, -0.25) is 14.9 Å². The van der Waals surface area contributed by atoms with E-state index in [-0.39, 0.29) is 5.69 Å². The molecule has 0 spiro atoms. The highest BCUT2D eigenvalue weighted by Gasteiger charge is 2.15. The molecule has 18 heavy (non-hydrogen) atoms. The SMILES string of the molecule is CCCC(CNc1ccc([N+](=O)[O-])cc1)C(=O)O. The fourth-order valence-electron chi connectivity index (χ4n) is 1.60. The first kappa shape index (κ1) is 14.0. The van der Waals surface area contributed by atoms with Crippen LogP contribution in [0.2, 0.25) is 0 Å². The summed E-state index contributed by atoms with van der Waals surface area (Å²) in [7, 11) is 0. The number of aliphatic carboxylic acids is 1. The molecule has 1 aromatic rings. The monoisotopic (exact) mass is 252 g/mol. The molecule has 0 saturated heterocycles. The van der Waals surface area contributed by atoms with E-state index in [0.717, 1.165) is 6.42 Å².